The summed E-state index contributed by atoms with van der Waals surface area (Å²) in [4.78, 5) is 12.0. The topological polar surface area (TPSA) is 55.1 Å². The Balaban J connectivity index is 2.13. The van der Waals surface area contributed by atoms with E-state index in [9.17, 15) is 4.79 Å². The van der Waals surface area contributed by atoms with Crippen molar-refractivity contribution in [2.24, 2.45) is 22.5 Å². The minimum Gasteiger partial charge on any atom is -0.351 e. The van der Waals surface area contributed by atoms with Crippen LogP contribution in [0.4, 0.5) is 0 Å². The maximum absolute atomic E-state index is 12.0. The zero-order chi connectivity index (χ0) is 12.8. The third kappa shape index (κ3) is 1.88. The summed E-state index contributed by atoms with van der Waals surface area (Å²) in [6.45, 7) is 8.87. The summed E-state index contributed by atoms with van der Waals surface area (Å²) in [5.41, 5.74) is 6.32. The van der Waals surface area contributed by atoms with Crippen molar-refractivity contribution >= 4 is 5.91 Å². The fraction of sp³-hybridized carbons (Fsp3) is 0.929. The van der Waals surface area contributed by atoms with Gasteiger partial charge in [-0.2, -0.15) is 0 Å². The molecule has 3 N–H and O–H groups in total. The van der Waals surface area contributed by atoms with Gasteiger partial charge >= 0.3 is 0 Å². The smallest absolute Gasteiger partial charge is 0.237 e. The Morgan fingerprint density at radius 1 is 1.47 bits per heavy atom. The van der Waals surface area contributed by atoms with Crippen LogP contribution in [0, 0.1) is 16.7 Å². The van der Waals surface area contributed by atoms with E-state index < -0.39 is 0 Å². The molecule has 0 spiro atoms. The average Bonchev–Trinajstić information content (AvgIpc) is 2.74. The first-order valence-electron chi connectivity index (χ1n) is 6.87. The third-order valence-corrected chi connectivity index (χ3v) is 5.33. The van der Waals surface area contributed by atoms with Crippen LogP contribution in [-0.2, 0) is 4.79 Å². The fourth-order valence-electron chi connectivity index (χ4n) is 4.10. The molecule has 0 heterocycles. The maximum Gasteiger partial charge on any atom is 0.237 e. The van der Waals surface area contributed by atoms with Crippen LogP contribution in [0.25, 0.3) is 0 Å². The van der Waals surface area contributed by atoms with Crippen LogP contribution in [0.5, 0.6) is 0 Å². The van der Waals surface area contributed by atoms with Crippen molar-refractivity contribution in [2.75, 3.05) is 0 Å². The SMILES string of the molecule is CC[C@@H](N)C(=O)NC1C2(C)CCC(C2)C1(C)C. The van der Waals surface area contributed by atoms with E-state index in [2.05, 4.69) is 26.1 Å². The average molecular weight is 238 g/mol. The van der Waals surface area contributed by atoms with Crippen molar-refractivity contribution in [3.05, 3.63) is 0 Å². The molecule has 3 unspecified atom stereocenters. The predicted octanol–water partition coefficient (Wildman–Crippen LogP) is 2.05. The molecule has 3 nitrogen and oxygen atoms in total. The molecular formula is C14H26N2O. The van der Waals surface area contributed by atoms with E-state index in [1.165, 1.54) is 19.3 Å². The molecule has 0 aliphatic heterocycles. The van der Waals surface area contributed by atoms with Crippen LogP contribution in [-0.4, -0.2) is 18.0 Å². The number of hydrogen-bond acceptors (Lipinski definition) is 2. The largest absolute Gasteiger partial charge is 0.351 e. The summed E-state index contributed by atoms with van der Waals surface area (Å²) < 4.78 is 0. The highest BCUT2D eigenvalue weighted by Crippen LogP contribution is 2.62. The van der Waals surface area contributed by atoms with Crippen molar-refractivity contribution in [1.82, 2.24) is 5.32 Å². The summed E-state index contributed by atoms with van der Waals surface area (Å²) in [7, 11) is 0. The first kappa shape index (κ1) is 12.9. The van der Waals surface area contributed by atoms with Crippen molar-refractivity contribution in [3.63, 3.8) is 0 Å². The van der Waals surface area contributed by atoms with Crippen LogP contribution in [0.2, 0.25) is 0 Å². The van der Waals surface area contributed by atoms with Gasteiger partial charge < -0.3 is 11.1 Å². The normalized spacial score (nSPS) is 40.3. The number of carbonyl (C=O) groups is 1. The van der Waals surface area contributed by atoms with E-state index in [0.29, 0.717) is 12.5 Å². The first-order valence-corrected chi connectivity index (χ1v) is 6.87. The second-order valence-corrected chi connectivity index (χ2v) is 6.87. The lowest BCUT2D eigenvalue weighted by atomic mass is 9.68. The molecule has 2 aliphatic rings. The number of nitrogens with one attached hydrogen (secondary N) is 1. The van der Waals surface area contributed by atoms with Gasteiger partial charge in [0.15, 0.2) is 0 Å². The lowest BCUT2D eigenvalue weighted by molar-refractivity contribution is -0.125. The van der Waals surface area contributed by atoms with Gasteiger partial charge in [-0.3, -0.25) is 4.79 Å². The third-order valence-electron chi connectivity index (χ3n) is 5.33. The van der Waals surface area contributed by atoms with Crippen LogP contribution >= 0.6 is 0 Å². The zero-order valence-corrected chi connectivity index (χ0v) is 11.5. The van der Waals surface area contributed by atoms with Gasteiger partial charge in [-0.1, -0.05) is 27.7 Å². The predicted molar refractivity (Wildman–Crippen MR) is 69.4 cm³/mol. The van der Waals surface area contributed by atoms with Gasteiger partial charge in [0.1, 0.15) is 0 Å². The molecule has 0 aromatic rings. The Morgan fingerprint density at radius 3 is 2.59 bits per heavy atom. The lowest BCUT2D eigenvalue weighted by Gasteiger charge is -2.43. The highest BCUT2D eigenvalue weighted by molar-refractivity contribution is 5.81. The number of rotatable bonds is 3. The number of amides is 1. The summed E-state index contributed by atoms with van der Waals surface area (Å²) >= 11 is 0. The molecule has 0 aromatic carbocycles. The van der Waals surface area contributed by atoms with E-state index in [1.54, 1.807) is 0 Å². The van der Waals surface area contributed by atoms with Gasteiger partial charge in [0, 0.05) is 6.04 Å². The molecule has 17 heavy (non-hydrogen) atoms. The Morgan fingerprint density at radius 2 is 2.12 bits per heavy atom. The quantitative estimate of drug-likeness (QED) is 0.790. The van der Waals surface area contributed by atoms with Crippen LogP contribution in [0.3, 0.4) is 0 Å². The molecule has 3 heteroatoms. The Labute approximate surface area is 105 Å². The van der Waals surface area contributed by atoms with Crippen LogP contribution < -0.4 is 11.1 Å². The number of carbonyl (C=O) groups excluding carboxylic acids is 1. The molecule has 1 amide bonds. The summed E-state index contributed by atoms with van der Waals surface area (Å²) in [6, 6.07) is -0.0626. The van der Waals surface area contributed by atoms with Crippen LogP contribution in [0.1, 0.15) is 53.4 Å². The Kier molecular flexibility index (Phi) is 3.01. The van der Waals surface area contributed by atoms with E-state index in [-0.39, 0.29) is 22.8 Å². The van der Waals surface area contributed by atoms with E-state index in [4.69, 9.17) is 5.73 Å². The fourth-order valence-corrected chi connectivity index (χ4v) is 4.10. The summed E-state index contributed by atoms with van der Waals surface area (Å²) in [6.07, 6.45) is 4.52. The van der Waals surface area contributed by atoms with Gasteiger partial charge in [-0.15, -0.1) is 0 Å². The number of hydrogen-bond donors (Lipinski definition) is 2. The molecular weight excluding hydrogens is 212 g/mol. The lowest BCUT2D eigenvalue weighted by Crippen LogP contribution is -2.55. The molecule has 4 atom stereocenters. The highest BCUT2D eigenvalue weighted by atomic mass is 16.2. The monoisotopic (exact) mass is 238 g/mol. The first-order chi connectivity index (χ1) is 7.81. The molecule has 0 saturated heterocycles. The molecule has 98 valence electrons. The van der Waals surface area contributed by atoms with E-state index >= 15 is 0 Å². The summed E-state index contributed by atoms with van der Waals surface area (Å²) in [5, 5.41) is 3.23. The van der Waals surface area contributed by atoms with Crippen molar-refractivity contribution < 1.29 is 4.79 Å². The maximum atomic E-state index is 12.0. The molecule has 2 rings (SSSR count). The second-order valence-electron chi connectivity index (χ2n) is 6.87. The molecule has 2 fully saturated rings. The van der Waals surface area contributed by atoms with Gasteiger partial charge in [0.2, 0.25) is 5.91 Å². The van der Waals surface area contributed by atoms with Gasteiger partial charge in [0.25, 0.3) is 0 Å². The standard InChI is InChI=1S/C14H26N2O/c1-5-10(15)11(17)16-12-13(2,3)9-6-7-14(12,4)8-9/h9-10,12H,5-8,15H2,1-4H3,(H,16,17)/t9?,10-,12?,14?/m1/s1. The number of fused-ring (bicyclic) bond motifs is 2. The molecule has 0 radical (unpaired) electrons. The molecule has 2 bridgehead atoms. The van der Waals surface area contributed by atoms with Crippen molar-refractivity contribution in [1.29, 1.82) is 0 Å². The van der Waals surface area contributed by atoms with Gasteiger partial charge in [-0.25, -0.2) is 0 Å². The van der Waals surface area contributed by atoms with Crippen molar-refractivity contribution in [2.45, 2.75) is 65.5 Å². The van der Waals surface area contributed by atoms with E-state index in [1.807, 2.05) is 6.92 Å². The van der Waals surface area contributed by atoms with Crippen LogP contribution in [0.15, 0.2) is 0 Å². The molecule has 2 aliphatic carbocycles. The molecule has 2 saturated carbocycles. The van der Waals surface area contributed by atoms with Gasteiger partial charge in [-0.05, 0) is 42.4 Å². The van der Waals surface area contributed by atoms with Crippen molar-refractivity contribution in [3.8, 4) is 0 Å². The highest BCUT2D eigenvalue weighted by Gasteiger charge is 2.59. The zero-order valence-electron chi connectivity index (χ0n) is 11.5. The minimum atomic E-state index is -0.353. The summed E-state index contributed by atoms with van der Waals surface area (Å²) in [5.74, 6) is 0.787. The Hall–Kier alpha value is -0.570. The van der Waals surface area contributed by atoms with Gasteiger partial charge in [0.05, 0.1) is 6.04 Å². The molecule has 0 aromatic heterocycles. The van der Waals surface area contributed by atoms with E-state index in [0.717, 1.165) is 5.92 Å². The second kappa shape index (κ2) is 3.98. The number of nitrogens with two attached hydrogens (primary N) is 1. The minimum absolute atomic E-state index is 0.0272. The Bertz CT molecular complexity index is 321.